The van der Waals surface area contributed by atoms with Crippen LogP contribution in [0.1, 0.15) is 39.5 Å². The smallest absolute Gasteiger partial charge is 0.245 e. The van der Waals surface area contributed by atoms with E-state index in [4.69, 9.17) is 0 Å². The summed E-state index contributed by atoms with van der Waals surface area (Å²) in [6.45, 7) is 2.77. The van der Waals surface area contributed by atoms with Crippen LogP contribution < -0.4 is 0 Å². The lowest BCUT2D eigenvalue weighted by atomic mass is 10.2. The molecule has 15 heteroatoms. The molecule has 0 aromatic heterocycles. The first-order valence-corrected chi connectivity index (χ1v) is 13.3. The predicted molar refractivity (Wildman–Crippen MR) is 88.2 cm³/mol. The molecule has 0 amide bonds. The van der Waals surface area contributed by atoms with Crippen LogP contribution in [0.2, 0.25) is 0 Å². The van der Waals surface area contributed by atoms with E-state index in [0.29, 0.717) is 6.26 Å². The first-order valence-electron chi connectivity index (χ1n) is 7.04. The Kier molecular flexibility index (Phi) is 9.45. The molecule has 0 aliphatic rings. The maximum Gasteiger partial charge on any atom is 0.414 e. The van der Waals surface area contributed by atoms with Crippen molar-refractivity contribution < 1.29 is 45.1 Å². The minimum atomic E-state index is -4.66. The van der Waals surface area contributed by atoms with Gasteiger partial charge in [0, 0.05) is 0 Å². The Balaban J connectivity index is 4.21. The first-order chi connectivity index (χ1) is 11.0. The van der Waals surface area contributed by atoms with E-state index >= 15 is 0 Å². The van der Waals surface area contributed by atoms with Gasteiger partial charge in [0.25, 0.3) is 30.4 Å². The van der Waals surface area contributed by atoms with Crippen molar-refractivity contribution in [2.24, 2.45) is 0 Å². The van der Waals surface area contributed by atoms with Gasteiger partial charge in [0.1, 0.15) is 0 Å². The fourth-order valence-corrected chi connectivity index (χ4v) is 6.33. The van der Waals surface area contributed by atoms with Crippen molar-refractivity contribution in [2.45, 2.75) is 45.6 Å². The van der Waals surface area contributed by atoms with Crippen LogP contribution in [0.3, 0.4) is 0 Å². The molecular weight excluding hydrogens is 424 g/mol. The summed E-state index contributed by atoms with van der Waals surface area (Å²) in [6.07, 6.45) is 0.405. The van der Waals surface area contributed by atoms with Crippen LogP contribution in [0.4, 0.5) is 0 Å². The van der Waals surface area contributed by atoms with Gasteiger partial charge in [-0.15, -0.1) is 7.26 Å². The zero-order valence-electron chi connectivity index (χ0n) is 13.9. The van der Waals surface area contributed by atoms with Gasteiger partial charge in [-0.2, -0.15) is 33.7 Å². The van der Waals surface area contributed by atoms with E-state index in [-0.39, 0.29) is 25.7 Å². The number of hydrogen-bond acceptors (Lipinski definition) is 11. The van der Waals surface area contributed by atoms with Crippen LogP contribution in [0.15, 0.2) is 0 Å². The van der Waals surface area contributed by atoms with Gasteiger partial charge in [0.2, 0.25) is 0 Å². The molecule has 0 saturated carbocycles. The third-order valence-corrected chi connectivity index (χ3v) is 7.78. The van der Waals surface area contributed by atoms with E-state index in [1.807, 2.05) is 0 Å². The second-order valence-electron chi connectivity index (χ2n) is 5.33. The third-order valence-electron chi connectivity index (χ3n) is 2.26. The lowest BCUT2D eigenvalue weighted by Gasteiger charge is -2.08. The van der Waals surface area contributed by atoms with Crippen molar-refractivity contribution in [3.8, 4) is 0 Å². The Hall–Kier alpha value is -0.320. The topological polar surface area (TPSA) is 164 Å². The van der Waals surface area contributed by atoms with E-state index in [1.54, 1.807) is 0 Å². The van der Waals surface area contributed by atoms with E-state index < -0.39 is 58.4 Å². The Bertz CT molecular complexity index is 819. The van der Waals surface area contributed by atoms with Gasteiger partial charge in [0.15, 0.2) is 0 Å². The molecule has 0 aliphatic carbocycles. The summed E-state index contributed by atoms with van der Waals surface area (Å²) in [5, 5.41) is 0. The summed E-state index contributed by atoms with van der Waals surface area (Å²) >= 11 is 0. The third kappa shape index (κ3) is 14.5. The molecule has 0 aromatic carbocycles. The average Bonchev–Trinajstić information content (AvgIpc) is 2.26. The standard InChI is InChI=1S/C10H22O11S4/c1-10(2)19-25(17,18)21-24(15,16)9-7-5-4-6-8-23(13,14)20-22(3,11)12/h10H,4-9H2,1-3H3. The zero-order chi connectivity index (χ0) is 19.9. The molecule has 0 atom stereocenters. The molecule has 0 unspecified atom stereocenters. The summed E-state index contributed by atoms with van der Waals surface area (Å²) in [5.74, 6) is -1.14. The molecule has 0 N–H and O–H groups in total. The predicted octanol–water partition coefficient (Wildman–Crippen LogP) is -0.131. The SMILES string of the molecule is CC(C)OS(=O)(=O)OS(=O)(=O)CCCCCCS(=O)(=O)OS(C)(=O)=O. The van der Waals surface area contributed by atoms with E-state index in [2.05, 4.69) is 11.4 Å². The molecule has 0 fully saturated rings. The van der Waals surface area contributed by atoms with Crippen molar-refractivity contribution in [3.63, 3.8) is 0 Å². The van der Waals surface area contributed by atoms with Crippen molar-refractivity contribution >= 4 is 40.8 Å². The molecule has 0 aromatic rings. The fourth-order valence-electron chi connectivity index (χ4n) is 1.55. The van der Waals surface area contributed by atoms with Crippen molar-refractivity contribution in [1.29, 1.82) is 0 Å². The fraction of sp³-hybridized carbons (Fsp3) is 1.00. The van der Waals surface area contributed by atoms with E-state index in [0.717, 1.165) is 0 Å². The van der Waals surface area contributed by atoms with Gasteiger partial charge < -0.3 is 0 Å². The average molecular weight is 447 g/mol. The molecular formula is C10H22O11S4. The highest BCUT2D eigenvalue weighted by Crippen LogP contribution is 2.11. The van der Waals surface area contributed by atoms with Crippen molar-refractivity contribution in [1.82, 2.24) is 0 Å². The molecule has 0 heterocycles. The Morgan fingerprint density at radius 1 is 0.680 bits per heavy atom. The van der Waals surface area contributed by atoms with Crippen LogP contribution in [0.5, 0.6) is 0 Å². The zero-order valence-corrected chi connectivity index (χ0v) is 17.2. The second-order valence-corrected chi connectivity index (χ2v) is 11.9. The van der Waals surface area contributed by atoms with Crippen LogP contribution >= 0.6 is 0 Å². The largest absolute Gasteiger partial charge is 0.414 e. The van der Waals surface area contributed by atoms with Gasteiger partial charge in [-0.05, 0) is 26.7 Å². The highest BCUT2D eigenvalue weighted by atomic mass is 32.3. The second kappa shape index (κ2) is 9.57. The Morgan fingerprint density at radius 2 is 1.08 bits per heavy atom. The molecule has 11 nitrogen and oxygen atoms in total. The molecule has 152 valence electrons. The molecule has 0 radical (unpaired) electrons. The maximum absolute atomic E-state index is 11.5. The van der Waals surface area contributed by atoms with Gasteiger partial charge in [-0.25, -0.2) is 4.18 Å². The van der Waals surface area contributed by atoms with E-state index in [9.17, 15) is 33.7 Å². The quantitative estimate of drug-likeness (QED) is 0.346. The van der Waals surface area contributed by atoms with Crippen molar-refractivity contribution in [2.75, 3.05) is 17.8 Å². The van der Waals surface area contributed by atoms with Crippen LogP contribution in [0.25, 0.3) is 0 Å². The molecule has 0 saturated heterocycles. The monoisotopic (exact) mass is 446 g/mol. The molecule has 0 rings (SSSR count). The molecule has 0 spiro atoms. The van der Waals surface area contributed by atoms with Crippen LogP contribution in [-0.2, 0) is 52.2 Å². The minimum Gasteiger partial charge on any atom is -0.245 e. The highest BCUT2D eigenvalue weighted by molar-refractivity contribution is 7.99. The summed E-state index contributed by atoms with van der Waals surface area (Å²) in [5.41, 5.74) is 0. The lowest BCUT2D eigenvalue weighted by molar-refractivity contribution is 0.218. The van der Waals surface area contributed by atoms with Crippen LogP contribution in [0, 0.1) is 0 Å². The number of rotatable bonds is 13. The van der Waals surface area contributed by atoms with Gasteiger partial charge in [-0.1, -0.05) is 12.8 Å². The first kappa shape index (κ1) is 24.7. The Morgan fingerprint density at radius 3 is 1.44 bits per heavy atom. The summed E-state index contributed by atoms with van der Waals surface area (Å²) < 4.78 is 102. The van der Waals surface area contributed by atoms with Gasteiger partial charge in [-0.3, -0.25) is 0 Å². The van der Waals surface area contributed by atoms with Crippen molar-refractivity contribution in [3.05, 3.63) is 0 Å². The molecule has 0 aliphatic heterocycles. The molecule has 0 bridgehead atoms. The summed E-state index contributed by atoms with van der Waals surface area (Å²) in [4.78, 5) is 0. The number of hydrogen-bond donors (Lipinski definition) is 0. The van der Waals surface area contributed by atoms with E-state index in [1.165, 1.54) is 13.8 Å². The summed E-state index contributed by atoms with van der Waals surface area (Å²) in [6, 6.07) is 0. The Labute approximate surface area is 149 Å². The lowest BCUT2D eigenvalue weighted by Crippen LogP contribution is -2.21. The van der Waals surface area contributed by atoms with Gasteiger partial charge in [0.05, 0.1) is 23.9 Å². The number of unbranched alkanes of at least 4 members (excludes halogenated alkanes) is 3. The highest BCUT2D eigenvalue weighted by Gasteiger charge is 2.24. The minimum absolute atomic E-state index is 0.0204. The van der Waals surface area contributed by atoms with Crippen LogP contribution in [-0.4, -0.2) is 57.5 Å². The normalized spacial score (nSPS) is 14.1. The summed E-state index contributed by atoms with van der Waals surface area (Å²) in [7, 11) is -17.4. The molecule has 25 heavy (non-hydrogen) atoms. The van der Waals surface area contributed by atoms with Gasteiger partial charge >= 0.3 is 10.4 Å². The maximum atomic E-state index is 11.5.